The predicted molar refractivity (Wildman–Crippen MR) is 165 cm³/mol. The van der Waals surface area contributed by atoms with Gasteiger partial charge in [-0.1, -0.05) is 44.5 Å². The molecule has 0 saturated heterocycles. The minimum atomic E-state index is -0.733. The lowest BCUT2D eigenvalue weighted by Crippen LogP contribution is -2.45. The van der Waals surface area contributed by atoms with Crippen LogP contribution in [0.1, 0.15) is 45.4 Å². The average Bonchev–Trinajstić information content (AvgIpc) is 2.95. The van der Waals surface area contributed by atoms with Crippen molar-refractivity contribution in [2.24, 2.45) is 4.99 Å². The number of nitrogens with zero attached hydrogens (tertiary/aromatic N) is 5. The molecule has 2 N–H and O–H groups in total. The molecule has 9 nitrogen and oxygen atoms in total. The molecule has 0 aliphatic heterocycles. The number of halogens is 2. The lowest BCUT2D eigenvalue weighted by molar-refractivity contribution is -0.109. The van der Waals surface area contributed by atoms with Gasteiger partial charge in [0.1, 0.15) is 17.4 Å². The number of amides is 2. The maximum Gasteiger partial charge on any atom is 0.219 e. The van der Waals surface area contributed by atoms with E-state index in [0.717, 1.165) is 0 Å². The van der Waals surface area contributed by atoms with Gasteiger partial charge in [0.25, 0.3) is 0 Å². The number of phenolic OH excluding ortho intramolecular Hbond substituents is 1. The molecule has 1 aromatic carbocycles. The predicted octanol–water partition coefficient (Wildman–Crippen LogP) is 5.62. The molecular formula is C31H36ClFN6O3. The Morgan fingerprint density at radius 1 is 1.26 bits per heavy atom. The highest BCUT2D eigenvalue weighted by atomic mass is 35.5. The second-order valence-corrected chi connectivity index (χ2v) is 11.0. The smallest absolute Gasteiger partial charge is 0.219 e. The quantitative estimate of drug-likeness (QED) is 0.122. The molecular weight excluding hydrogens is 559 g/mol. The maximum absolute atomic E-state index is 15.1. The molecule has 0 saturated carbocycles. The van der Waals surface area contributed by atoms with Crippen molar-refractivity contribution in [1.29, 1.82) is 0 Å². The van der Waals surface area contributed by atoms with Crippen molar-refractivity contribution in [2.45, 2.75) is 45.6 Å². The molecule has 0 radical (unpaired) electrons. The van der Waals surface area contributed by atoms with Crippen LogP contribution >= 0.6 is 11.6 Å². The van der Waals surface area contributed by atoms with Gasteiger partial charge in [0.15, 0.2) is 5.82 Å². The van der Waals surface area contributed by atoms with Crippen LogP contribution in [0.2, 0.25) is 5.02 Å². The summed E-state index contributed by atoms with van der Waals surface area (Å²) in [4.78, 5) is 41.1. The Labute approximate surface area is 250 Å². The second kappa shape index (κ2) is 14.0. The van der Waals surface area contributed by atoms with Gasteiger partial charge in [0.2, 0.25) is 12.8 Å². The summed E-state index contributed by atoms with van der Waals surface area (Å²) < 4.78 is 15.1. The number of pyridine rings is 2. The molecule has 0 aliphatic rings. The van der Waals surface area contributed by atoms with Crippen LogP contribution in [0, 0.1) is 5.82 Å². The third-order valence-electron chi connectivity index (χ3n) is 6.60. The second-order valence-electron chi connectivity index (χ2n) is 10.6. The molecule has 0 fully saturated rings. The number of phenols is 1. The van der Waals surface area contributed by atoms with Crippen molar-refractivity contribution in [3.8, 4) is 17.0 Å². The molecule has 11 heteroatoms. The van der Waals surface area contributed by atoms with E-state index in [0.29, 0.717) is 55.1 Å². The van der Waals surface area contributed by atoms with Crippen molar-refractivity contribution < 1.29 is 19.1 Å². The number of amidine groups is 1. The van der Waals surface area contributed by atoms with E-state index in [1.807, 2.05) is 32.6 Å². The van der Waals surface area contributed by atoms with E-state index >= 15 is 4.39 Å². The fraction of sp³-hybridized carbons (Fsp3) is 0.323. The number of carbonyl (C=O) groups is 2. The number of aromatic nitrogens is 2. The van der Waals surface area contributed by atoms with Crippen LogP contribution in [0.15, 0.2) is 60.2 Å². The first kappa shape index (κ1) is 32.2. The van der Waals surface area contributed by atoms with Crippen LogP contribution in [0.3, 0.4) is 0 Å². The van der Waals surface area contributed by atoms with E-state index in [1.54, 1.807) is 37.5 Å². The number of aliphatic imine (C=N–C) groups is 1. The molecule has 3 rings (SSSR count). The fourth-order valence-corrected chi connectivity index (χ4v) is 4.88. The van der Waals surface area contributed by atoms with Gasteiger partial charge in [-0.25, -0.2) is 9.37 Å². The summed E-state index contributed by atoms with van der Waals surface area (Å²) in [5, 5.41) is 13.3. The third kappa shape index (κ3) is 6.94. The van der Waals surface area contributed by atoms with Crippen LogP contribution in [0.4, 0.5) is 15.9 Å². The minimum Gasteiger partial charge on any atom is -0.507 e. The van der Waals surface area contributed by atoms with Gasteiger partial charge in [0, 0.05) is 37.8 Å². The first-order valence-electron chi connectivity index (χ1n) is 13.4. The van der Waals surface area contributed by atoms with Crippen LogP contribution in [-0.2, 0) is 15.0 Å². The number of nitrogens with one attached hydrogen (secondary N) is 1. The number of anilines is 2. The zero-order valence-electron chi connectivity index (χ0n) is 24.4. The maximum atomic E-state index is 15.1. The summed E-state index contributed by atoms with van der Waals surface area (Å²) in [6.07, 6.45) is 5.23. The summed E-state index contributed by atoms with van der Waals surface area (Å²) in [5.41, 5.74) is 0.748. The first-order chi connectivity index (χ1) is 20.0. The Bertz CT molecular complexity index is 1450. The fourth-order valence-electron chi connectivity index (χ4n) is 4.64. The van der Waals surface area contributed by atoms with Crippen molar-refractivity contribution in [2.75, 3.05) is 25.0 Å². The monoisotopic (exact) mass is 594 g/mol. The van der Waals surface area contributed by atoms with Crippen LogP contribution < -0.4 is 10.2 Å². The molecule has 2 heterocycles. The summed E-state index contributed by atoms with van der Waals surface area (Å²) in [7, 11) is 1.60. The van der Waals surface area contributed by atoms with Crippen molar-refractivity contribution in [1.82, 2.24) is 20.2 Å². The zero-order chi connectivity index (χ0) is 31.0. The number of aromatic hydroxyl groups is 1. The zero-order valence-corrected chi connectivity index (χ0v) is 25.2. The van der Waals surface area contributed by atoms with Gasteiger partial charge >= 0.3 is 0 Å². The van der Waals surface area contributed by atoms with Crippen LogP contribution in [0.25, 0.3) is 11.3 Å². The Kier molecular flexibility index (Phi) is 10.8. The largest absolute Gasteiger partial charge is 0.507 e. The average molecular weight is 595 g/mol. The number of benzene rings is 1. The highest BCUT2D eigenvalue weighted by molar-refractivity contribution is 6.33. The van der Waals surface area contributed by atoms with Crippen LogP contribution in [0.5, 0.6) is 5.75 Å². The van der Waals surface area contributed by atoms with Gasteiger partial charge in [-0.3, -0.25) is 24.5 Å². The van der Waals surface area contributed by atoms with Crippen LogP contribution in [-0.4, -0.2) is 64.8 Å². The number of rotatable bonds is 12. The normalized spacial score (nSPS) is 12.4. The van der Waals surface area contributed by atoms with E-state index in [4.69, 9.17) is 16.6 Å². The van der Waals surface area contributed by atoms with E-state index in [9.17, 15) is 14.7 Å². The lowest BCUT2D eigenvalue weighted by atomic mass is 9.90. The first-order valence-corrected chi connectivity index (χ1v) is 13.8. The van der Waals surface area contributed by atoms with E-state index in [2.05, 4.69) is 21.9 Å². The summed E-state index contributed by atoms with van der Waals surface area (Å²) >= 11 is 6.74. The Morgan fingerprint density at radius 3 is 2.60 bits per heavy atom. The molecule has 1 atom stereocenters. The molecule has 2 aromatic heterocycles. The number of carbonyl (C=O) groups excluding carboxylic acids is 2. The van der Waals surface area contributed by atoms with Crippen molar-refractivity contribution in [3.63, 3.8) is 0 Å². The van der Waals surface area contributed by atoms with Crippen molar-refractivity contribution >= 4 is 41.8 Å². The molecule has 222 valence electrons. The minimum absolute atomic E-state index is 0.0331. The SMILES string of the molecule is C=CCCN(/C(=N/C)c1cc(Cl)c(-c2c(O)cccc2F)nc1N(C=O)c1cccnc1C(C)(C)C)C(C)CNC=O. The molecule has 42 heavy (non-hydrogen) atoms. The topological polar surface area (TPSA) is 111 Å². The van der Waals surface area contributed by atoms with E-state index in [1.165, 1.54) is 23.1 Å². The van der Waals surface area contributed by atoms with Gasteiger partial charge in [0.05, 0.1) is 33.2 Å². The highest BCUT2D eigenvalue weighted by Crippen LogP contribution is 2.40. The summed E-state index contributed by atoms with van der Waals surface area (Å²) in [6, 6.07) is 8.67. The molecule has 0 bridgehead atoms. The van der Waals surface area contributed by atoms with Gasteiger partial charge in [-0.2, -0.15) is 0 Å². The Morgan fingerprint density at radius 2 is 2.00 bits per heavy atom. The Hall–Kier alpha value is -4.31. The van der Waals surface area contributed by atoms with Crippen molar-refractivity contribution in [3.05, 3.63) is 77.3 Å². The van der Waals surface area contributed by atoms with E-state index < -0.39 is 11.2 Å². The van der Waals surface area contributed by atoms with E-state index in [-0.39, 0.29) is 33.9 Å². The van der Waals surface area contributed by atoms with Gasteiger partial charge in [-0.15, -0.1) is 6.58 Å². The lowest BCUT2D eigenvalue weighted by Gasteiger charge is -2.34. The van der Waals surface area contributed by atoms with Gasteiger partial charge in [-0.05, 0) is 43.7 Å². The summed E-state index contributed by atoms with van der Waals surface area (Å²) in [5.74, 6) is -0.560. The Balaban J connectivity index is 2.40. The molecule has 0 aliphatic carbocycles. The molecule has 1 unspecified atom stereocenters. The number of hydrogen-bond acceptors (Lipinski definition) is 6. The summed E-state index contributed by atoms with van der Waals surface area (Å²) in [6.45, 7) is 12.4. The molecule has 3 aromatic rings. The third-order valence-corrected chi connectivity index (χ3v) is 6.89. The van der Waals surface area contributed by atoms with Gasteiger partial charge < -0.3 is 15.3 Å². The highest BCUT2D eigenvalue weighted by Gasteiger charge is 2.30. The molecule has 0 spiro atoms. The standard InChI is InChI=1S/C31H36ClFN6O3/c1-7-8-15-38(20(2)17-35-18-40)29(34-6)21-16-22(32)27(26-23(33)11-9-13-25(26)42)37-30(21)39(19-41)24-12-10-14-36-28(24)31(3,4)5/h7,9-14,16,18-20,42H,1,8,15,17H2,2-6H3,(H,35,40)/b34-29+. The molecule has 2 amide bonds. The number of hydrogen-bond donors (Lipinski definition) is 2.